The summed E-state index contributed by atoms with van der Waals surface area (Å²) in [5.41, 5.74) is 1.86. The van der Waals surface area contributed by atoms with Gasteiger partial charge in [0, 0.05) is 23.9 Å². The van der Waals surface area contributed by atoms with Crippen molar-refractivity contribution in [2.45, 2.75) is 39.1 Å². The average molecular weight is 502 g/mol. The summed E-state index contributed by atoms with van der Waals surface area (Å²) < 4.78 is 0. The molecule has 31 heavy (non-hydrogen) atoms. The second-order valence-electron chi connectivity index (χ2n) is 7.71. The predicted octanol–water partition coefficient (Wildman–Crippen LogP) is 6.07. The van der Waals surface area contributed by atoms with Crippen LogP contribution in [0.2, 0.25) is 15.1 Å². The van der Waals surface area contributed by atoms with Crippen LogP contribution in [-0.4, -0.2) is 35.1 Å². The molecule has 0 bridgehead atoms. The molecule has 0 aliphatic carbocycles. The van der Waals surface area contributed by atoms with Gasteiger partial charge in [0.1, 0.15) is 6.04 Å². The van der Waals surface area contributed by atoms with E-state index in [0.717, 1.165) is 11.1 Å². The molecule has 2 rings (SSSR count). The van der Waals surface area contributed by atoms with E-state index in [-0.39, 0.29) is 24.1 Å². The third-order valence-electron chi connectivity index (χ3n) is 4.57. The minimum absolute atomic E-state index is 0.120. The van der Waals surface area contributed by atoms with Crippen LogP contribution in [0.15, 0.2) is 42.5 Å². The first kappa shape index (κ1) is 25.9. The molecule has 0 saturated carbocycles. The van der Waals surface area contributed by atoms with Crippen molar-refractivity contribution in [3.8, 4) is 0 Å². The fourth-order valence-corrected chi connectivity index (χ4v) is 4.23. The van der Waals surface area contributed by atoms with Gasteiger partial charge in [0.2, 0.25) is 11.8 Å². The van der Waals surface area contributed by atoms with E-state index in [1.165, 1.54) is 11.8 Å². The number of hydrogen-bond acceptors (Lipinski definition) is 3. The van der Waals surface area contributed by atoms with E-state index < -0.39 is 6.04 Å². The fraction of sp³-hybridized carbons (Fsp3) is 0.391. The molecule has 168 valence electrons. The lowest BCUT2D eigenvalue weighted by Crippen LogP contribution is -2.48. The van der Waals surface area contributed by atoms with Gasteiger partial charge in [0.05, 0.1) is 15.8 Å². The highest BCUT2D eigenvalue weighted by molar-refractivity contribution is 7.99. The number of carbonyl (C=O) groups excluding carboxylic acids is 2. The van der Waals surface area contributed by atoms with Gasteiger partial charge in [-0.15, -0.1) is 11.8 Å². The Morgan fingerprint density at radius 3 is 2.39 bits per heavy atom. The molecular weight excluding hydrogens is 475 g/mol. The maximum atomic E-state index is 13.1. The first-order valence-electron chi connectivity index (χ1n) is 10.0. The van der Waals surface area contributed by atoms with Crippen LogP contribution in [0, 0.1) is 5.92 Å². The Morgan fingerprint density at radius 1 is 1.00 bits per heavy atom. The van der Waals surface area contributed by atoms with Crippen LogP contribution in [0.25, 0.3) is 0 Å². The molecule has 2 amide bonds. The van der Waals surface area contributed by atoms with E-state index in [9.17, 15) is 9.59 Å². The van der Waals surface area contributed by atoms with Crippen molar-refractivity contribution in [2.24, 2.45) is 5.92 Å². The summed E-state index contributed by atoms with van der Waals surface area (Å²) in [6.45, 7) is 6.62. The summed E-state index contributed by atoms with van der Waals surface area (Å²) in [4.78, 5) is 27.3. The monoisotopic (exact) mass is 500 g/mol. The Bertz CT molecular complexity index is 908. The summed E-state index contributed by atoms with van der Waals surface area (Å²) in [6, 6.07) is 12.2. The van der Waals surface area contributed by atoms with Crippen molar-refractivity contribution < 1.29 is 9.59 Å². The second-order valence-corrected chi connectivity index (χ2v) is 9.94. The number of rotatable bonds is 10. The minimum atomic E-state index is -0.618. The van der Waals surface area contributed by atoms with Gasteiger partial charge >= 0.3 is 0 Å². The van der Waals surface area contributed by atoms with Gasteiger partial charge in [0.25, 0.3) is 0 Å². The van der Waals surface area contributed by atoms with Crippen molar-refractivity contribution in [2.75, 3.05) is 12.3 Å². The number of carbonyl (C=O) groups is 2. The molecule has 0 spiro atoms. The molecule has 0 aromatic heterocycles. The van der Waals surface area contributed by atoms with Gasteiger partial charge < -0.3 is 10.2 Å². The zero-order valence-corrected chi connectivity index (χ0v) is 20.9. The van der Waals surface area contributed by atoms with Crippen molar-refractivity contribution >= 4 is 58.4 Å². The number of nitrogens with one attached hydrogen (secondary N) is 1. The van der Waals surface area contributed by atoms with Crippen LogP contribution >= 0.6 is 46.6 Å². The Hall–Kier alpha value is -1.40. The van der Waals surface area contributed by atoms with Crippen molar-refractivity contribution in [3.05, 3.63) is 68.7 Å². The highest BCUT2D eigenvalue weighted by Gasteiger charge is 2.26. The third-order valence-corrected chi connectivity index (χ3v) is 6.53. The van der Waals surface area contributed by atoms with Gasteiger partial charge in [-0.05, 0) is 48.2 Å². The van der Waals surface area contributed by atoms with E-state index in [1.807, 2.05) is 44.2 Å². The van der Waals surface area contributed by atoms with Crippen LogP contribution in [0.3, 0.4) is 0 Å². The molecule has 2 aromatic carbocycles. The first-order valence-corrected chi connectivity index (χ1v) is 12.3. The zero-order chi connectivity index (χ0) is 23.0. The molecular formula is C23H27Cl3N2O2S. The van der Waals surface area contributed by atoms with E-state index in [1.54, 1.807) is 24.0 Å². The molecule has 0 unspecified atom stereocenters. The second kappa shape index (κ2) is 12.6. The van der Waals surface area contributed by atoms with Crippen LogP contribution in [0.1, 0.15) is 31.9 Å². The third kappa shape index (κ3) is 8.57. The van der Waals surface area contributed by atoms with Gasteiger partial charge in [-0.3, -0.25) is 9.59 Å². The van der Waals surface area contributed by atoms with E-state index >= 15 is 0 Å². The van der Waals surface area contributed by atoms with Gasteiger partial charge in [-0.1, -0.05) is 66.8 Å². The van der Waals surface area contributed by atoms with Gasteiger partial charge in [0.15, 0.2) is 0 Å². The Morgan fingerprint density at radius 2 is 1.74 bits per heavy atom. The normalized spacial score (nSPS) is 12.0. The standard InChI is InChI=1S/C23H27Cl3N2O2S/c1-15(2)11-27-23(30)16(3)28(12-17-7-8-20(25)21(26)10-17)22(29)14-31-13-18-5-4-6-19(24)9-18/h4-10,15-16H,11-14H2,1-3H3,(H,27,30)/t16-/m0/s1. The van der Waals surface area contributed by atoms with Crippen molar-refractivity contribution in [1.82, 2.24) is 10.2 Å². The molecule has 4 nitrogen and oxygen atoms in total. The van der Waals surface area contributed by atoms with E-state index in [2.05, 4.69) is 5.32 Å². The molecule has 0 heterocycles. The van der Waals surface area contributed by atoms with Crippen LogP contribution < -0.4 is 5.32 Å². The Labute approximate surface area is 203 Å². The highest BCUT2D eigenvalue weighted by atomic mass is 35.5. The molecule has 0 radical (unpaired) electrons. The Balaban J connectivity index is 2.09. The fourth-order valence-electron chi connectivity index (χ4n) is 2.84. The van der Waals surface area contributed by atoms with E-state index in [0.29, 0.717) is 33.3 Å². The molecule has 0 fully saturated rings. The molecule has 1 N–H and O–H groups in total. The summed E-state index contributed by atoms with van der Waals surface area (Å²) in [5.74, 6) is 0.923. The first-order chi connectivity index (χ1) is 14.7. The largest absolute Gasteiger partial charge is 0.354 e. The average Bonchev–Trinajstić information content (AvgIpc) is 2.72. The molecule has 0 aliphatic rings. The number of hydrogen-bond donors (Lipinski definition) is 1. The van der Waals surface area contributed by atoms with Crippen LogP contribution in [0.5, 0.6) is 0 Å². The summed E-state index contributed by atoms with van der Waals surface area (Å²) in [7, 11) is 0. The smallest absolute Gasteiger partial charge is 0.242 e. The lowest BCUT2D eigenvalue weighted by Gasteiger charge is -2.29. The van der Waals surface area contributed by atoms with Crippen LogP contribution in [-0.2, 0) is 21.9 Å². The van der Waals surface area contributed by atoms with E-state index in [4.69, 9.17) is 34.8 Å². The molecule has 0 aliphatic heterocycles. The van der Waals surface area contributed by atoms with Crippen LogP contribution in [0.4, 0.5) is 0 Å². The molecule has 1 atom stereocenters. The highest BCUT2D eigenvalue weighted by Crippen LogP contribution is 2.24. The quantitative estimate of drug-likeness (QED) is 0.430. The van der Waals surface area contributed by atoms with Gasteiger partial charge in [-0.25, -0.2) is 0 Å². The van der Waals surface area contributed by atoms with Crippen molar-refractivity contribution in [1.29, 1.82) is 0 Å². The molecule has 2 aromatic rings. The predicted molar refractivity (Wildman–Crippen MR) is 132 cm³/mol. The van der Waals surface area contributed by atoms with Crippen molar-refractivity contribution in [3.63, 3.8) is 0 Å². The molecule has 0 saturated heterocycles. The minimum Gasteiger partial charge on any atom is -0.354 e. The number of nitrogens with zero attached hydrogens (tertiary/aromatic N) is 1. The number of halogens is 3. The topological polar surface area (TPSA) is 49.4 Å². The maximum absolute atomic E-state index is 13.1. The lowest BCUT2D eigenvalue weighted by molar-refractivity contribution is -0.138. The lowest BCUT2D eigenvalue weighted by atomic mass is 10.1. The molecule has 8 heteroatoms. The summed E-state index contributed by atoms with van der Waals surface area (Å²) in [6.07, 6.45) is 0. The summed E-state index contributed by atoms with van der Waals surface area (Å²) in [5, 5.41) is 4.44. The number of benzene rings is 2. The summed E-state index contributed by atoms with van der Waals surface area (Å²) >= 11 is 19.7. The SMILES string of the molecule is CC(C)CNC(=O)[C@H](C)N(Cc1ccc(Cl)c(Cl)c1)C(=O)CSCc1cccc(Cl)c1. The maximum Gasteiger partial charge on any atom is 0.242 e. The zero-order valence-electron chi connectivity index (χ0n) is 17.8. The number of thioether (sulfide) groups is 1. The number of amides is 2. The van der Waals surface area contributed by atoms with Gasteiger partial charge in [-0.2, -0.15) is 0 Å². The Kier molecular flexibility index (Phi) is 10.5.